The molecule has 1 saturated heterocycles. The van der Waals surface area contributed by atoms with Crippen LogP contribution in [-0.4, -0.2) is 28.6 Å². The van der Waals surface area contributed by atoms with Gasteiger partial charge >= 0.3 is 0 Å². The van der Waals surface area contributed by atoms with E-state index >= 15 is 0 Å². The van der Waals surface area contributed by atoms with Crippen LogP contribution < -0.4 is 10.2 Å². The summed E-state index contributed by atoms with van der Waals surface area (Å²) in [6.45, 7) is 0.523. The van der Waals surface area contributed by atoms with E-state index in [9.17, 15) is 14.0 Å². The van der Waals surface area contributed by atoms with Crippen LogP contribution in [0.5, 0.6) is 0 Å². The fourth-order valence-electron chi connectivity index (χ4n) is 2.98. The Hall–Kier alpha value is -3.13. The van der Waals surface area contributed by atoms with Crippen LogP contribution >= 0.6 is 11.3 Å². The second-order valence-electron chi connectivity index (χ2n) is 6.15. The number of halogens is 1. The number of nitrogens with one attached hydrogen (secondary N) is 1. The molecule has 1 aliphatic heterocycles. The molecule has 6 nitrogen and oxygen atoms in total. The molecule has 1 unspecified atom stereocenters. The third-order valence-corrected chi connectivity index (χ3v) is 5.29. The normalized spacial score (nSPS) is 16.6. The molecule has 1 fully saturated rings. The smallest absolute Gasteiger partial charge is 0.257 e. The fourth-order valence-corrected chi connectivity index (χ4v) is 3.81. The number of aromatic nitrogens is 2. The molecule has 1 aliphatic rings. The molecule has 0 spiro atoms. The van der Waals surface area contributed by atoms with E-state index in [1.807, 2.05) is 30.3 Å². The van der Waals surface area contributed by atoms with E-state index in [2.05, 4.69) is 15.5 Å². The summed E-state index contributed by atoms with van der Waals surface area (Å²) in [5, 5.41) is 11.7. The Morgan fingerprint density at radius 3 is 2.74 bits per heavy atom. The molecule has 27 heavy (non-hydrogen) atoms. The standard InChI is InChI=1S/C19H15FN4O2S/c20-14-6-4-5-12(9-14)17(26)21-19-23-22-18(27-19)13-10-16(25)24(11-13)15-7-2-1-3-8-15/h1-9,13H,10-11H2,(H,21,23,26). The van der Waals surface area contributed by atoms with Crippen molar-refractivity contribution in [2.24, 2.45) is 0 Å². The lowest BCUT2D eigenvalue weighted by atomic mass is 10.1. The number of anilines is 2. The van der Waals surface area contributed by atoms with Gasteiger partial charge in [0.1, 0.15) is 10.8 Å². The van der Waals surface area contributed by atoms with Crippen molar-refractivity contribution < 1.29 is 14.0 Å². The lowest BCUT2D eigenvalue weighted by Crippen LogP contribution is -2.24. The van der Waals surface area contributed by atoms with Crippen molar-refractivity contribution in [2.75, 3.05) is 16.8 Å². The second kappa shape index (κ2) is 7.24. The van der Waals surface area contributed by atoms with Crippen LogP contribution in [0.1, 0.15) is 27.7 Å². The third kappa shape index (κ3) is 3.70. The predicted molar refractivity (Wildman–Crippen MR) is 100 cm³/mol. The highest BCUT2D eigenvalue weighted by Gasteiger charge is 2.33. The minimum Gasteiger partial charge on any atom is -0.312 e. The van der Waals surface area contributed by atoms with Crippen molar-refractivity contribution in [2.45, 2.75) is 12.3 Å². The van der Waals surface area contributed by atoms with Gasteiger partial charge in [-0.05, 0) is 30.3 Å². The summed E-state index contributed by atoms with van der Waals surface area (Å²) in [5.41, 5.74) is 1.06. The zero-order valence-corrected chi connectivity index (χ0v) is 14.9. The zero-order valence-electron chi connectivity index (χ0n) is 14.1. The minimum atomic E-state index is -0.480. The van der Waals surface area contributed by atoms with E-state index in [0.717, 1.165) is 11.8 Å². The molecule has 136 valence electrons. The molecular weight excluding hydrogens is 367 g/mol. The highest BCUT2D eigenvalue weighted by Crippen LogP contribution is 2.34. The van der Waals surface area contributed by atoms with Gasteiger partial charge in [0, 0.05) is 30.1 Å². The molecule has 1 N–H and O–H groups in total. The van der Waals surface area contributed by atoms with Gasteiger partial charge in [0.2, 0.25) is 11.0 Å². The highest BCUT2D eigenvalue weighted by molar-refractivity contribution is 7.15. The molecule has 0 aliphatic carbocycles. The fraction of sp³-hybridized carbons (Fsp3) is 0.158. The van der Waals surface area contributed by atoms with Gasteiger partial charge in [0.05, 0.1) is 0 Å². The molecule has 2 aromatic carbocycles. The molecule has 1 aromatic heterocycles. The molecule has 8 heteroatoms. The number of carbonyl (C=O) groups excluding carboxylic acids is 2. The molecule has 0 bridgehead atoms. The van der Waals surface area contributed by atoms with Crippen LogP contribution in [0.15, 0.2) is 54.6 Å². The molecule has 0 radical (unpaired) electrons. The molecule has 0 saturated carbocycles. The van der Waals surface area contributed by atoms with Crippen LogP contribution in [0.25, 0.3) is 0 Å². The topological polar surface area (TPSA) is 75.2 Å². The maximum atomic E-state index is 13.2. The Morgan fingerprint density at radius 1 is 1.15 bits per heavy atom. The molecule has 3 aromatic rings. The van der Waals surface area contributed by atoms with Gasteiger partial charge in [0.25, 0.3) is 5.91 Å². The number of rotatable bonds is 4. The van der Waals surface area contributed by atoms with Crippen molar-refractivity contribution in [3.05, 3.63) is 71.0 Å². The molecular formula is C19H15FN4O2S. The van der Waals surface area contributed by atoms with E-state index in [0.29, 0.717) is 23.1 Å². The monoisotopic (exact) mass is 382 g/mol. The summed E-state index contributed by atoms with van der Waals surface area (Å²) in [6, 6.07) is 14.9. The average Bonchev–Trinajstić information content (AvgIpc) is 3.29. The Balaban J connectivity index is 1.45. The van der Waals surface area contributed by atoms with Crippen molar-refractivity contribution in [3.8, 4) is 0 Å². The SMILES string of the molecule is O=C(Nc1nnc(C2CC(=O)N(c3ccccc3)C2)s1)c1cccc(F)c1. The molecule has 4 rings (SSSR count). The van der Waals surface area contributed by atoms with Crippen molar-refractivity contribution >= 4 is 34.0 Å². The first kappa shape index (κ1) is 17.3. The number of nitrogens with zero attached hydrogens (tertiary/aromatic N) is 3. The molecule has 1 atom stereocenters. The van der Waals surface area contributed by atoms with E-state index < -0.39 is 11.7 Å². The Labute approximate surface area is 158 Å². The summed E-state index contributed by atoms with van der Waals surface area (Å²) < 4.78 is 13.2. The number of amides is 2. The summed E-state index contributed by atoms with van der Waals surface area (Å²) in [4.78, 5) is 26.3. The van der Waals surface area contributed by atoms with Gasteiger partial charge in [-0.25, -0.2) is 4.39 Å². The first-order valence-electron chi connectivity index (χ1n) is 8.36. The Morgan fingerprint density at radius 2 is 1.96 bits per heavy atom. The van der Waals surface area contributed by atoms with Crippen molar-refractivity contribution in [1.82, 2.24) is 10.2 Å². The Kier molecular flexibility index (Phi) is 4.64. The third-order valence-electron chi connectivity index (χ3n) is 4.29. The quantitative estimate of drug-likeness (QED) is 0.750. The number of hydrogen-bond acceptors (Lipinski definition) is 5. The van der Waals surface area contributed by atoms with Gasteiger partial charge in [-0.2, -0.15) is 0 Å². The largest absolute Gasteiger partial charge is 0.312 e. The number of para-hydroxylation sites is 1. The van der Waals surface area contributed by atoms with Gasteiger partial charge in [0.15, 0.2) is 0 Å². The van der Waals surface area contributed by atoms with Crippen LogP contribution in [-0.2, 0) is 4.79 Å². The molecule has 2 amide bonds. The minimum absolute atomic E-state index is 0.0340. The zero-order chi connectivity index (χ0) is 18.8. The van der Waals surface area contributed by atoms with E-state index in [1.54, 1.807) is 4.90 Å². The van der Waals surface area contributed by atoms with Crippen LogP contribution in [0.4, 0.5) is 15.2 Å². The Bertz CT molecular complexity index is 992. The first-order valence-corrected chi connectivity index (χ1v) is 9.17. The summed E-state index contributed by atoms with van der Waals surface area (Å²) in [5.74, 6) is -0.974. The second-order valence-corrected chi connectivity index (χ2v) is 7.16. The number of hydrogen-bond donors (Lipinski definition) is 1. The van der Waals surface area contributed by atoms with E-state index in [-0.39, 0.29) is 17.4 Å². The van der Waals surface area contributed by atoms with Crippen molar-refractivity contribution in [1.29, 1.82) is 0 Å². The number of benzene rings is 2. The summed E-state index contributed by atoms with van der Waals surface area (Å²) >= 11 is 1.23. The van der Waals surface area contributed by atoms with Gasteiger partial charge in [-0.3, -0.25) is 14.9 Å². The lowest BCUT2D eigenvalue weighted by Gasteiger charge is -2.15. The molecule has 2 heterocycles. The van der Waals surface area contributed by atoms with Gasteiger partial charge in [-0.1, -0.05) is 35.6 Å². The van der Waals surface area contributed by atoms with Crippen LogP contribution in [0.2, 0.25) is 0 Å². The summed E-state index contributed by atoms with van der Waals surface area (Å²) in [7, 11) is 0. The van der Waals surface area contributed by atoms with Gasteiger partial charge < -0.3 is 4.90 Å². The highest BCUT2D eigenvalue weighted by atomic mass is 32.1. The first-order chi connectivity index (χ1) is 13.1. The predicted octanol–water partition coefficient (Wildman–Crippen LogP) is 3.45. The van der Waals surface area contributed by atoms with E-state index in [4.69, 9.17) is 0 Å². The van der Waals surface area contributed by atoms with Crippen LogP contribution in [0.3, 0.4) is 0 Å². The van der Waals surface area contributed by atoms with Gasteiger partial charge in [-0.15, -0.1) is 10.2 Å². The maximum absolute atomic E-state index is 13.2. The summed E-state index contributed by atoms with van der Waals surface area (Å²) in [6.07, 6.45) is 0.349. The van der Waals surface area contributed by atoms with Crippen LogP contribution in [0, 0.1) is 5.82 Å². The lowest BCUT2D eigenvalue weighted by molar-refractivity contribution is -0.117. The average molecular weight is 382 g/mol. The van der Waals surface area contributed by atoms with Crippen molar-refractivity contribution in [3.63, 3.8) is 0 Å². The van der Waals surface area contributed by atoms with E-state index in [1.165, 1.54) is 29.5 Å². The maximum Gasteiger partial charge on any atom is 0.257 e. The number of carbonyl (C=O) groups is 2.